The second-order valence-corrected chi connectivity index (χ2v) is 4.87. The lowest BCUT2D eigenvalue weighted by molar-refractivity contribution is 0.126. The van der Waals surface area contributed by atoms with Crippen LogP contribution in [0.2, 0.25) is 0 Å². The Balaban J connectivity index is 2.62. The molecule has 5 heteroatoms. The van der Waals surface area contributed by atoms with Crippen LogP contribution < -0.4 is 10.6 Å². The molecule has 0 aliphatic carbocycles. The summed E-state index contributed by atoms with van der Waals surface area (Å²) in [6.07, 6.45) is 2.66. The Morgan fingerprint density at radius 3 is 2.58 bits per heavy atom. The van der Waals surface area contributed by atoms with Crippen molar-refractivity contribution >= 4 is 11.6 Å². The van der Waals surface area contributed by atoms with E-state index in [1.54, 1.807) is 6.33 Å². The number of rotatable bonds is 9. The fourth-order valence-electron chi connectivity index (χ4n) is 1.62. The lowest BCUT2D eigenvalue weighted by atomic mass is 10.1. The molecule has 0 saturated carbocycles. The summed E-state index contributed by atoms with van der Waals surface area (Å²) < 4.78 is 5.50. The Kier molecular flexibility index (Phi) is 7.18. The highest BCUT2D eigenvalue weighted by atomic mass is 16.5. The summed E-state index contributed by atoms with van der Waals surface area (Å²) in [5.74, 6) is 2.18. The summed E-state index contributed by atoms with van der Waals surface area (Å²) in [4.78, 5) is 8.46. The van der Waals surface area contributed by atoms with E-state index in [4.69, 9.17) is 4.74 Å². The zero-order valence-corrected chi connectivity index (χ0v) is 12.4. The van der Waals surface area contributed by atoms with Crippen LogP contribution in [0.5, 0.6) is 0 Å². The van der Waals surface area contributed by atoms with E-state index in [0.29, 0.717) is 12.5 Å². The van der Waals surface area contributed by atoms with Gasteiger partial charge in [0, 0.05) is 19.2 Å². The average Bonchev–Trinajstić information content (AvgIpc) is 2.41. The van der Waals surface area contributed by atoms with Crippen LogP contribution in [-0.4, -0.2) is 35.8 Å². The molecule has 0 fully saturated rings. The fraction of sp³-hybridized carbons (Fsp3) is 0.714. The molecule has 5 nitrogen and oxygen atoms in total. The number of nitrogens with zero attached hydrogens (tertiary/aromatic N) is 2. The first-order valence-electron chi connectivity index (χ1n) is 7.07. The van der Waals surface area contributed by atoms with Crippen LogP contribution in [0, 0.1) is 5.92 Å². The highest BCUT2D eigenvalue weighted by Crippen LogP contribution is 2.13. The van der Waals surface area contributed by atoms with E-state index in [1.807, 2.05) is 13.0 Å². The largest absolute Gasteiger partial charge is 0.380 e. The topological polar surface area (TPSA) is 59.1 Å². The molecule has 0 aliphatic heterocycles. The maximum absolute atomic E-state index is 5.50. The lowest BCUT2D eigenvalue weighted by Crippen LogP contribution is -2.31. The zero-order chi connectivity index (χ0) is 14.1. The van der Waals surface area contributed by atoms with Gasteiger partial charge < -0.3 is 15.4 Å². The molecule has 1 unspecified atom stereocenters. The van der Waals surface area contributed by atoms with Crippen molar-refractivity contribution in [3.8, 4) is 0 Å². The SMILES string of the molecule is CCCNc1cc(NC(COCC)C(C)C)ncn1. The van der Waals surface area contributed by atoms with Crippen molar-refractivity contribution in [3.05, 3.63) is 12.4 Å². The smallest absolute Gasteiger partial charge is 0.131 e. The fourth-order valence-corrected chi connectivity index (χ4v) is 1.62. The molecule has 0 amide bonds. The monoisotopic (exact) mass is 266 g/mol. The summed E-state index contributed by atoms with van der Waals surface area (Å²) >= 11 is 0. The minimum atomic E-state index is 0.258. The molecule has 0 bridgehead atoms. The number of anilines is 2. The van der Waals surface area contributed by atoms with Crippen LogP contribution in [0.3, 0.4) is 0 Å². The van der Waals surface area contributed by atoms with Gasteiger partial charge in [-0.05, 0) is 19.3 Å². The quantitative estimate of drug-likeness (QED) is 0.719. The zero-order valence-electron chi connectivity index (χ0n) is 12.4. The van der Waals surface area contributed by atoms with E-state index >= 15 is 0 Å². The van der Waals surface area contributed by atoms with Crippen LogP contribution in [0.4, 0.5) is 11.6 Å². The normalized spacial score (nSPS) is 12.5. The molecule has 2 N–H and O–H groups in total. The third-order valence-corrected chi connectivity index (χ3v) is 2.86. The first-order valence-corrected chi connectivity index (χ1v) is 7.07. The van der Waals surface area contributed by atoms with Crippen LogP contribution >= 0.6 is 0 Å². The van der Waals surface area contributed by atoms with E-state index in [-0.39, 0.29) is 6.04 Å². The van der Waals surface area contributed by atoms with Crippen molar-refractivity contribution in [3.63, 3.8) is 0 Å². The van der Waals surface area contributed by atoms with Crippen molar-refractivity contribution < 1.29 is 4.74 Å². The number of hydrogen-bond donors (Lipinski definition) is 2. The second kappa shape index (κ2) is 8.69. The van der Waals surface area contributed by atoms with E-state index in [0.717, 1.165) is 31.2 Å². The number of hydrogen-bond acceptors (Lipinski definition) is 5. The molecule has 1 aromatic heterocycles. The van der Waals surface area contributed by atoms with Gasteiger partial charge in [-0.1, -0.05) is 20.8 Å². The van der Waals surface area contributed by atoms with Gasteiger partial charge >= 0.3 is 0 Å². The molecule has 108 valence electrons. The maximum Gasteiger partial charge on any atom is 0.131 e. The molecule has 1 rings (SSSR count). The van der Waals surface area contributed by atoms with Gasteiger partial charge in [0.25, 0.3) is 0 Å². The average molecular weight is 266 g/mol. The van der Waals surface area contributed by atoms with Gasteiger partial charge in [0.15, 0.2) is 0 Å². The summed E-state index contributed by atoms with van der Waals surface area (Å²) in [6.45, 7) is 10.8. The Hall–Kier alpha value is -1.36. The Morgan fingerprint density at radius 1 is 1.21 bits per heavy atom. The van der Waals surface area contributed by atoms with Gasteiger partial charge in [0.05, 0.1) is 12.6 Å². The molecular formula is C14H26N4O. The van der Waals surface area contributed by atoms with Gasteiger partial charge in [-0.25, -0.2) is 9.97 Å². The van der Waals surface area contributed by atoms with Crippen molar-refractivity contribution in [1.29, 1.82) is 0 Å². The summed E-state index contributed by atoms with van der Waals surface area (Å²) in [5, 5.41) is 6.67. The molecule has 0 radical (unpaired) electrons. The highest BCUT2D eigenvalue weighted by molar-refractivity contribution is 5.46. The molecule has 0 aliphatic rings. The molecular weight excluding hydrogens is 240 g/mol. The van der Waals surface area contributed by atoms with Gasteiger partial charge in [-0.3, -0.25) is 0 Å². The van der Waals surface area contributed by atoms with Crippen molar-refractivity contribution in [2.45, 2.75) is 40.2 Å². The van der Waals surface area contributed by atoms with Gasteiger partial charge in [0.2, 0.25) is 0 Å². The van der Waals surface area contributed by atoms with Gasteiger partial charge in [0.1, 0.15) is 18.0 Å². The highest BCUT2D eigenvalue weighted by Gasteiger charge is 2.14. The van der Waals surface area contributed by atoms with Crippen LogP contribution in [-0.2, 0) is 4.74 Å². The lowest BCUT2D eigenvalue weighted by Gasteiger charge is -2.22. The first kappa shape index (κ1) is 15.7. The van der Waals surface area contributed by atoms with Crippen LogP contribution in [0.15, 0.2) is 12.4 Å². The van der Waals surface area contributed by atoms with Crippen LogP contribution in [0.1, 0.15) is 34.1 Å². The van der Waals surface area contributed by atoms with Crippen LogP contribution in [0.25, 0.3) is 0 Å². The van der Waals surface area contributed by atoms with Gasteiger partial charge in [-0.15, -0.1) is 0 Å². The van der Waals surface area contributed by atoms with E-state index in [9.17, 15) is 0 Å². The summed E-state index contributed by atoms with van der Waals surface area (Å²) in [6, 6.07) is 2.20. The minimum Gasteiger partial charge on any atom is -0.380 e. The predicted octanol–water partition coefficient (Wildman–Crippen LogP) is 2.77. The van der Waals surface area contributed by atoms with E-state index in [2.05, 4.69) is 41.4 Å². The van der Waals surface area contributed by atoms with E-state index in [1.165, 1.54) is 0 Å². The molecule has 0 spiro atoms. The molecule has 19 heavy (non-hydrogen) atoms. The number of ether oxygens (including phenoxy) is 1. The molecule has 1 heterocycles. The second-order valence-electron chi connectivity index (χ2n) is 4.87. The van der Waals surface area contributed by atoms with Crippen molar-refractivity contribution in [2.75, 3.05) is 30.4 Å². The maximum atomic E-state index is 5.50. The molecule has 0 aromatic carbocycles. The first-order chi connectivity index (χ1) is 9.17. The molecule has 1 aromatic rings. The third kappa shape index (κ3) is 5.87. The van der Waals surface area contributed by atoms with E-state index < -0.39 is 0 Å². The Bertz CT molecular complexity index is 357. The Labute approximate surface area is 116 Å². The molecule has 1 atom stereocenters. The summed E-state index contributed by atoms with van der Waals surface area (Å²) in [7, 11) is 0. The predicted molar refractivity (Wildman–Crippen MR) is 79.6 cm³/mol. The van der Waals surface area contributed by atoms with Crippen molar-refractivity contribution in [1.82, 2.24) is 9.97 Å². The third-order valence-electron chi connectivity index (χ3n) is 2.86. The van der Waals surface area contributed by atoms with Crippen molar-refractivity contribution in [2.24, 2.45) is 5.92 Å². The standard InChI is InChI=1S/C14H26N4O/c1-5-7-15-13-8-14(17-10-16-13)18-12(11(3)4)9-19-6-2/h8,10-12H,5-7,9H2,1-4H3,(H2,15,16,17,18). The number of aromatic nitrogens is 2. The van der Waals surface area contributed by atoms with Gasteiger partial charge in [-0.2, -0.15) is 0 Å². The molecule has 0 saturated heterocycles. The minimum absolute atomic E-state index is 0.258. The Morgan fingerprint density at radius 2 is 1.95 bits per heavy atom. The number of nitrogens with one attached hydrogen (secondary N) is 2. The summed E-state index contributed by atoms with van der Waals surface area (Å²) in [5.41, 5.74) is 0.